The van der Waals surface area contributed by atoms with Gasteiger partial charge in [0.15, 0.2) is 0 Å². The number of halogens is 2. The Morgan fingerprint density at radius 2 is 2.11 bits per heavy atom. The molecule has 0 fully saturated rings. The highest BCUT2D eigenvalue weighted by Gasteiger charge is 2.25. The molecule has 3 N–H and O–H groups in total. The molecule has 1 aromatic rings. The minimum atomic E-state index is -0.530. The predicted octanol–water partition coefficient (Wildman–Crippen LogP) is 1.75. The molecule has 1 rings (SSSR count). The van der Waals surface area contributed by atoms with E-state index >= 15 is 0 Å². The summed E-state index contributed by atoms with van der Waals surface area (Å²) in [6.07, 6.45) is 2.38. The molecule has 1 heterocycles. The van der Waals surface area contributed by atoms with E-state index in [4.69, 9.17) is 5.73 Å². The smallest absolute Gasteiger partial charge is 0.253 e. The van der Waals surface area contributed by atoms with Gasteiger partial charge in [-0.2, -0.15) is 0 Å². The molecule has 102 valence electrons. The summed E-state index contributed by atoms with van der Waals surface area (Å²) in [4.78, 5) is 15.5. The number of hydrogen-bond acceptors (Lipinski definition) is 3. The summed E-state index contributed by atoms with van der Waals surface area (Å²) in [6.45, 7) is 6.27. The number of pyridine rings is 1. The van der Waals surface area contributed by atoms with Gasteiger partial charge in [0.05, 0.1) is 11.8 Å². The molecule has 0 aliphatic rings. The Balaban J connectivity index is 0.00000289. The highest BCUT2D eigenvalue weighted by Crippen LogP contribution is 2.18. The van der Waals surface area contributed by atoms with E-state index in [2.05, 4.69) is 10.3 Å². The lowest BCUT2D eigenvalue weighted by molar-refractivity contribution is 0.0904. The van der Waals surface area contributed by atoms with Crippen molar-refractivity contribution in [2.45, 2.75) is 26.8 Å². The minimum Gasteiger partial charge on any atom is -0.347 e. The van der Waals surface area contributed by atoms with Crippen LogP contribution in [0, 0.1) is 11.2 Å². The van der Waals surface area contributed by atoms with Crippen LogP contribution in [0.4, 0.5) is 4.39 Å². The van der Waals surface area contributed by atoms with Crippen molar-refractivity contribution >= 4 is 18.3 Å². The number of aromatic nitrogens is 1. The molecule has 0 aromatic carbocycles. The van der Waals surface area contributed by atoms with Crippen molar-refractivity contribution in [1.29, 1.82) is 0 Å². The van der Waals surface area contributed by atoms with Crippen LogP contribution in [0.3, 0.4) is 0 Å². The molecule has 0 saturated heterocycles. The number of nitrogens with zero attached hydrogens (tertiary/aromatic N) is 1. The van der Waals surface area contributed by atoms with Gasteiger partial charge in [0, 0.05) is 18.8 Å². The lowest BCUT2D eigenvalue weighted by atomic mass is 9.86. The number of nitrogens with one attached hydrogen (secondary N) is 1. The quantitative estimate of drug-likeness (QED) is 0.883. The van der Waals surface area contributed by atoms with E-state index in [1.165, 1.54) is 6.20 Å². The molecule has 4 nitrogen and oxygen atoms in total. The number of nitrogens with two attached hydrogens (primary N) is 1. The summed E-state index contributed by atoms with van der Waals surface area (Å²) in [5.74, 6) is -0.889. The van der Waals surface area contributed by atoms with Gasteiger partial charge in [-0.05, 0) is 11.5 Å². The van der Waals surface area contributed by atoms with Crippen molar-refractivity contribution < 1.29 is 9.18 Å². The first kappa shape index (κ1) is 16.8. The van der Waals surface area contributed by atoms with E-state index in [9.17, 15) is 9.18 Å². The second-order valence-corrected chi connectivity index (χ2v) is 5.02. The third-order valence-corrected chi connectivity index (χ3v) is 2.55. The van der Waals surface area contributed by atoms with E-state index in [-0.39, 0.29) is 35.3 Å². The molecule has 0 radical (unpaired) electrons. The summed E-state index contributed by atoms with van der Waals surface area (Å²) in [5, 5.41) is 2.78. The molecule has 18 heavy (non-hydrogen) atoms. The van der Waals surface area contributed by atoms with Crippen LogP contribution in [0.2, 0.25) is 0 Å². The lowest BCUT2D eigenvalue weighted by Crippen LogP contribution is -2.48. The molecule has 1 aromatic heterocycles. The Kier molecular flexibility index (Phi) is 6.21. The van der Waals surface area contributed by atoms with Crippen LogP contribution in [0.5, 0.6) is 0 Å². The highest BCUT2D eigenvalue weighted by atomic mass is 35.5. The summed E-state index contributed by atoms with van der Waals surface area (Å²) in [7, 11) is 0. The van der Waals surface area contributed by atoms with Gasteiger partial charge in [0.2, 0.25) is 0 Å². The molecule has 1 atom stereocenters. The summed E-state index contributed by atoms with van der Waals surface area (Å²) >= 11 is 0. The van der Waals surface area contributed by atoms with Crippen LogP contribution in [0.1, 0.15) is 31.1 Å². The zero-order chi connectivity index (χ0) is 13.1. The van der Waals surface area contributed by atoms with E-state index in [1.54, 1.807) is 0 Å². The second-order valence-electron chi connectivity index (χ2n) is 5.02. The minimum absolute atomic E-state index is 0. The standard InChI is InChI=1S/C12H18FN3O.ClH/c1-12(2,3)10(5-14)16-11(17)8-4-9(13)7-15-6-8;/h4,6-7,10H,5,14H2,1-3H3,(H,16,17);1H. The SMILES string of the molecule is CC(C)(C)C(CN)NC(=O)c1cncc(F)c1.Cl. The number of hydrogen-bond donors (Lipinski definition) is 2. The molecule has 6 heteroatoms. The van der Waals surface area contributed by atoms with Crippen LogP contribution in [0.25, 0.3) is 0 Å². The fourth-order valence-corrected chi connectivity index (χ4v) is 1.41. The fraction of sp³-hybridized carbons (Fsp3) is 0.500. The van der Waals surface area contributed by atoms with Gasteiger partial charge in [0.1, 0.15) is 5.82 Å². The third-order valence-electron chi connectivity index (χ3n) is 2.55. The number of rotatable bonds is 3. The molecule has 0 aliphatic heterocycles. The normalized spacial score (nSPS) is 12.5. The third kappa shape index (κ3) is 4.58. The summed E-state index contributed by atoms with van der Waals surface area (Å²) < 4.78 is 12.9. The van der Waals surface area contributed by atoms with Crippen molar-refractivity contribution in [2.75, 3.05) is 6.54 Å². The van der Waals surface area contributed by atoms with E-state index in [1.807, 2.05) is 20.8 Å². The van der Waals surface area contributed by atoms with Crippen LogP contribution in [-0.2, 0) is 0 Å². The average Bonchev–Trinajstić information content (AvgIpc) is 2.23. The van der Waals surface area contributed by atoms with Gasteiger partial charge < -0.3 is 11.1 Å². The first-order chi connectivity index (χ1) is 7.84. The molecule has 1 amide bonds. The van der Waals surface area contributed by atoms with Crippen LogP contribution < -0.4 is 11.1 Å². The molecular formula is C12H19ClFN3O. The van der Waals surface area contributed by atoms with Crippen LogP contribution in [-0.4, -0.2) is 23.5 Å². The largest absolute Gasteiger partial charge is 0.347 e. The summed E-state index contributed by atoms with van der Waals surface area (Å²) in [6, 6.07) is 0.983. The van der Waals surface area contributed by atoms with E-state index in [0.29, 0.717) is 6.54 Å². The number of carbonyl (C=O) groups excluding carboxylic acids is 1. The highest BCUT2D eigenvalue weighted by molar-refractivity contribution is 5.94. The Bertz CT molecular complexity index is 407. The van der Waals surface area contributed by atoms with Crippen molar-refractivity contribution in [1.82, 2.24) is 10.3 Å². The monoisotopic (exact) mass is 275 g/mol. The van der Waals surface area contributed by atoms with Gasteiger partial charge in [-0.25, -0.2) is 4.39 Å². The van der Waals surface area contributed by atoms with Crippen molar-refractivity contribution in [2.24, 2.45) is 11.1 Å². The number of carbonyl (C=O) groups is 1. The van der Waals surface area contributed by atoms with Crippen molar-refractivity contribution in [3.05, 3.63) is 29.8 Å². The first-order valence-corrected chi connectivity index (χ1v) is 5.46. The maximum Gasteiger partial charge on any atom is 0.253 e. The second kappa shape index (κ2) is 6.66. The topological polar surface area (TPSA) is 68.0 Å². The fourth-order valence-electron chi connectivity index (χ4n) is 1.41. The molecule has 1 unspecified atom stereocenters. The van der Waals surface area contributed by atoms with Gasteiger partial charge in [-0.15, -0.1) is 12.4 Å². The number of amides is 1. The van der Waals surface area contributed by atoms with E-state index in [0.717, 1.165) is 12.3 Å². The van der Waals surface area contributed by atoms with Crippen molar-refractivity contribution in [3.63, 3.8) is 0 Å². The maximum absolute atomic E-state index is 12.9. The molecule has 0 bridgehead atoms. The molecule has 0 aliphatic carbocycles. The average molecular weight is 276 g/mol. The van der Waals surface area contributed by atoms with Gasteiger partial charge >= 0.3 is 0 Å². The molecule has 0 spiro atoms. The molecular weight excluding hydrogens is 257 g/mol. The lowest BCUT2D eigenvalue weighted by Gasteiger charge is -2.30. The molecule has 0 saturated carbocycles. The Morgan fingerprint density at radius 1 is 1.50 bits per heavy atom. The first-order valence-electron chi connectivity index (χ1n) is 5.46. The Hall–Kier alpha value is -1.20. The van der Waals surface area contributed by atoms with Crippen LogP contribution in [0.15, 0.2) is 18.5 Å². The predicted molar refractivity (Wildman–Crippen MR) is 71.2 cm³/mol. The van der Waals surface area contributed by atoms with Gasteiger partial charge in [-0.3, -0.25) is 9.78 Å². The van der Waals surface area contributed by atoms with Crippen LogP contribution >= 0.6 is 12.4 Å². The van der Waals surface area contributed by atoms with Crippen molar-refractivity contribution in [3.8, 4) is 0 Å². The Labute approximate surface area is 113 Å². The zero-order valence-corrected chi connectivity index (χ0v) is 11.6. The van der Waals surface area contributed by atoms with E-state index < -0.39 is 5.82 Å². The zero-order valence-electron chi connectivity index (χ0n) is 10.7. The summed E-state index contributed by atoms with van der Waals surface area (Å²) in [5.41, 5.74) is 5.66. The Morgan fingerprint density at radius 3 is 2.56 bits per heavy atom. The maximum atomic E-state index is 12.9. The van der Waals surface area contributed by atoms with Gasteiger partial charge in [-0.1, -0.05) is 20.8 Å². The van der Waals surface area contributed by atoms with Gasteiger partial charge in [0.25, 0.3) is 5.91 Å².